The summed E-state index contributed by atoms with van der Waals surface area (Å²) in [7, 11) is 0. The van der Waals surface area contributed by atoms with E-state index in [-0.39, 0.29) is 13.1 Å². The van der Waals surface area contributed by atoms with Crippen LogP contribution in [0.1, 0.15) is 0 Å². The zero-order chi connectivity index (χ0) is 19.1. The quantitative estimate of drug-likeness (QED) is 0.636. The molecule has 0 saturated carbocycles. The van der Waals surface area contributed by atoms with Crippen LogP contribution in [0.3, 0.4) is 0 Å². The third-order valence-corrected chi connectivity index (χ3v) is 5.36. The maximum Gasteiger partial charge on any atom is 0.322 e. The van der Waals surface area contributed by atoms with Gasteiger partial charge in [0.25, 0.3) is 0 Å². The fourth-order valence-corrected chi connectivity index (χ4v) is 3.79. The van der Waals surface area contributed by atoms with E-state index >= 15 is 0 Å². The molecule has 0 radical (unpaired) electrons. The van der Waals surface area contributed by atoms with Crippen LogP contribution in [-0.2, 0) is 0 Å². The second kappa shape index (κ2) is 6.80. The highest BCUT2D eigenvalue weighted by Gasteiger charge is 2.35. The third kappa shape index (κ3) is 3.46. The number of hydrogen-bond donors (Lipinski definition) is 1. The predicted octanol–water partition coefficient (Wildman–Crippen LogP) is 4.77. The Morgan fingerprint density at radius 2 is 1.81 bits per heavy atom. The molecule has 4 rings (SSSR count). The van der Waals surface area contributed by atoms with E-state index in [9.17, 15) is 22.4 Å². The third-order valence-electron chi connectivity index (χ3n) is 4.27. The number of nitrogens with one attached hydrogen (secondary N) is 1. The highest BCUT2D eigenvalue weighted by atomic mass is 32.1. The van der Waals surface area contributed by atoms with Crippen molar-refractivity contribution in [3.8, 4) is 10.6 Å². The summed E-state index contributed by atoms with van der Waals surface area (Å²) in [5, 5.41) is 3.10. The smallest absolute Gasteiger partial charge is 0.318 e. The molecule has 1 aliphatic heterocycles. The minimum absolute atomic E-state index is 0.285. The van der Waals surface area contributed by atoms with Gasteiger partial charge in [-0.05, 0) is 36.4 Å². The summed E-state index contributed by atoms with van der Waals surface area (Å²) in [5.41, 5.74) is 1.43. The number of alkyl halides is 2. The van der Waals surface area contributed by atoms with Gasteiger partial charge in [-0.1, -0.05) is 0 Å². The van der Waals surface area contributed by atoms with E-state index in [0.717, 1.165) is 21.7 Å². The molecule has 0 bridgehead atoms. The first-order valence-corrected chi connectivity index (χ1v) is 8.92. The Hall–Kier alpha value is -2.68. The Balaban J connectivity index is 1.56. The molecule has 1 N–H and O–H groups in total. The number of amides is 2. The predicted molar refractivity (Wildman–Crippen MR) is 95.4 cm³/mol. The molecule has 4 nitrogen and oxygen atoms in total. The normalized spacial score (nSPS) is 19.6. The number of anilines is 1. The van der Waals surface area contributed by atoms with Gasteiger partial charge in [-0.2, -0.15) is 0 Å². The number of likely N-dealkylation sites (tertiary alicyclic amines) is 1. The molecule has 1 saturated heterocycles. The molecule has 0 spiro atoms. The van der Waals surface area contributed by atoms with Gasteiger partial charge in [-0.25, -0.2) is 27.3 Å². The second-order valence-electron chi connectivity index (χ2n) is 6.20. The zero-order valence-electron chi connectivity index (χ0n) is 13.8. The van der Waals surface area contributed by atoms with Gasteiger partial charge in [0, 0.05) is 11.3 Å². The van der Waals surface area contributed by atoms with Crippen LogP contribution in [0.15, 0.2) is 36.4 Å². The van der Waals surface area contributed by atoms with Gasteiger partial charge < -0.3 is 10.2 Å². The zero-order valence-corrected chi connectivity index (χ0v) is 14.6. The molecule has 2 atom stereocenters. The summed E-state index contributed by atoms with van der Waals surface area (Å²) in [6, 6.07) is 7.94. The van der Waals surface area contributed by atoms with Crippen LogP contribution in [0.2, 0.25) is 0 Å². The molecule has 9 heteroatoms. The van der Waals surface area contributed by atoms with Gasteiger partial charge in [-0.15, -0.1) is 11.3 Å². The van der Waals surface area contributed by atoms with Crippen molar-refractivity contribution in [3.63, 3.8) is 0 Å². The molecule has 2 aromatic carbocycles. The molecule has 1 aliphatic rings. The van der Waals surface area contributed by atoms with Crippen LogP contribution in [0.4, 0.5) is 28.0 Å². The van der Waals surface area contributed by atoms with E-state index in [1.807, 2.05) is 0 Å². The number of rotatable bonds is 2. The Labute approximate surface area is 155 Å². The van der Waals surface area contributed by atoms with Crippen LogP contribution in [0.25, 0.3) is 20.8 Å². The summed E-state index contributed by atoms with van der Waals surface area (Å²) < 4.78 is 53.8. The van der Waals surface area contributed by atoms with Gasteiger partial charge >= 0.3 is 6.03 Å². The maximum absolute atomic E-state index is 13.4. The van der Waals surface area contributed by atoms with Crippen LogP contribution in [0, 0.1) is 11.6 Å². The van der Waals surface area contributed by atoms with Gasteiger partial charge in [0.2, 0.25) is 0 Å². The fraction of sp³-hybridized carbons (Fsp3) is 0.222. The summed E-state index contributed by atoms with van der Waals surface area (Å²) in [5.74, 6) is -1.89. The molecule has 3 aromatic rings. The molecular weight excluding hydrogens is 382 g/mol. The van der Waals surface area contributed by atoms with E-state index in [4.69, 9.17) is 0 Å². The molecular formula is C18H13F4N3OS. The lowest BCUT2D eigenvalue weighted by molar-refractivity contribution is 0.217. The number of urea groups is 1. The van der Waals surface area contributed by atoms with Gasteiger partial charge in [-0.3, -0.25) is 0 Å². The SMILES string of the molecule is O=C(Nc1ccc2sc(-c3ccc(F)c(F)c3)nc2c1)N1CC(F)C(F)C1. The highest BCUT2D eigenvalue weighted by molar-refractivity contribution is 7.21. The number of benzene rings is 2. The van der Waals surface area contributed by atoms with Crippen LogP contribution >= 0.6 is 11.3 Å². The van der Waals surface area contributed by atoms with Crippen molar-refractivity contribution in [3.05, 3.63) is 48.0 Å². The van der Waals surface area contributed by atoms with E-state index in [2.05, 4.69) is 10.3 Å². The summed E-state index contributed by atoms with van der Waals surface area (Å²) in [4.78, 5) is 17.6. The van der Waals surface area contributed by atoms with E-state index in [1.165, 1.54) is 17.4 Å². The number of halogens is 4. The highest BCUT2D eigenvalue weighted by Crippen LogP contribution is 2.32. The Kier molecular flexibility index (Phi) is 4.47. The monoisotopic (exact) mass is 395 g/mol. The van der Waals surface area contributed by atoms with Crippen LogP contribution in [-0.4, -0.2) is 41.3 Å². The molecule has 1 aromatic heterocycles. The lowest BCUT2D eigenvalue weighted by atomic mass is 10.2. The van der Waals surface area contributed by atoms with E-state index < -0.39 is 30.0 Å². The number of carbonyl (C=O) groups is 1. The van der Waals surface area contributed by atoms with Gasteiger partial charge in [0.15, 0.2) is 24.0 Å². The lowest BCUT2D eigenvalue weighted by Gasteiger charge is -2.15. The summed E-state index contributed by atoms with van der Waals surface area (Å²) in [6.45, 7) is -0.571. The average Bonchev–Trinajstić information content (AvgIpc) is 3.20. The van der Waals surface area contributed by atoms with Crippen molar-refractivity contribution in [2.75, 3.05) is 18.4 Å². The fourth-order valence-electron chi connectivity index (χ4n) is 2.85. The number of carbonyl (C=O) groups excluding carboxylic acids is 1. The number of fused-ring (bicyclic) bond motifs is 1. The molecule has 2 amide bonds. The Morgan fingerprint density at radius 3 is 2.52 bits per heavy atom. The molecule has 2 heterocycles. The van der Waals surface area contributed by atoms with Crippen molar-refractivity contribution in [2.45, 2.75) is 12.3 Å². The first kappa shape index (κ1) is 17.7. The second-order valence-corrected chi connectivity index (χ2v) is 7.23. The molecule has 1 fully saturated rings. The van der Waals surface area contributed by atoms with Crippen LogP contribution < -0.4 is 5.32 Å². The largest absolute Gasteiger partial charge is 0.322 e. The number of nitrogens with zero attached hydrogens (tertiary/aromatic N) is 2. The molecule has 2 unspecified atom stereocenters. The minimum atomic E-state index is -1.67. The van der Waals surface area contributed by atoms with Crippen LogP contribution in [0.5, 0.6) is 0 Å². The first-order valence-electron chi connectivity index (χ1n) is 8.11. The van der Waals surface area contributed by atoms with Crippen molar-refractivity contribution >= 4 is 33.3 Å². The minimum Gasteiger partial charge on any atom is -0.318 e. The first-order chi connectivity index (χ1) is 12.9. The molecule has 27 heavy (non-hydrogen) atoms. The average molecular weight is 395 g/mol. The van der Waals surface area contributed by atoms with E-state index in [0.29, 0.717) is 21.8 Å². The standard InChI is InChI=1S/C18H13F4N3OS/c19-11-3-1-9(5-12(11)20)17-24-15-6-10(2-4-16(15)27-17)23-18(26)25-7-13(21)14(22)8-25/h1-6,13-14H,7-8H2,(H,23,26). The Bertz CT molecular complexity index is 1020. The topological polar surface area (TPSA) is 45.2 Å². The number of hydrogen-bond acceptors (Lipinski definition) is 3. The lowest BCUT2D eigenvalue weighted by Crippen LogP contribution is -2.33. The number of thiazole rings is 1. The van der Waals surface area contributed by atoms with Crippen molar-refractivity contribution in [1.82, 2.24) is 9.88 Å². The summed E-state index contributed by atoms with van der Waals surface area (Å²) >= 11 is 1.30. The molecule has 140 valence electrons. The van der Waals surface area contributed by atoms with E-state index in [1.54, 1.807) is 18.2 Å². The molecule has 0 aliphatic carbocycles. The maximum atomic E-state index is 13.4. The van der Waals surface area contributed by atoms with Crippen molar-refractivity contribution in [2.24, 2.45) is 0 Å². The van der Waals surface area contributed by atoms with Gasteiger partial charge in [0.1, 0.15) is 5.01 Å². The number of aromatic nitrogens is 1. The van der Waals surface area contributed by atoms with Crippen molar-refractivity contribution < 1.29 is 22.4 Å². The van der Waals surface area contributed by atoms with Crippen molar-refractivity contribution in [1.29, 1.82) is 0 Å². The Morgan fingerprint density at radius 1 is 1.07 bits per heavy atom. The summed E-state index contributed by atoms with van der Waals surface area (Å²) in [6.07, 6.45) is -3.34. The van der Waals surface area contributed by atoms with Gasteiger partial charge in [0.05, 0.1) is 23.3 Å².